The summed E-state index contributed by atoms with van der Waals surface area (Å²) in [5, 5.41) is 4.64. The Kier molecular flexibility index (Phi) is 6.20. The van der Waals surface area contributed by atoms with Crippen LogP contribution in [0.2, 0.25) is 5.02 Å². The molecule has 2 rings (SSSR count). The van der Waals surface area contributed by atoms with E-state index in [1.165, 1.54) is 20.3 Å². The molecule has 0 aliphatic carbocycles. The first-order chi connectivity index (χ1) is 12.2. The summed E-state index contributed by atoms with van der Waals surface area (Å²) in [6.07, 6.45) is -4.57. The number of carbonyl (C=O) groups is 1. The van der Waals surface area contributed by atoms with E-state index in [4.69, 9.17) is 21.1 Å². The van der Waals surface area contributed by atoms with Crippen LogP contribution in [-0.4, -0.2) is 20.3 Å². The second kappa shape index (κ2) is 8.18. The second-order valence-corrected chi connectivity index (χ2v) is 5.59. The van der Waals surface area contributed by atoms with Gasteiger partial charge in [0.05, 0.1) is 30.5 Å². The van der Waals surface area contributed by atoms with Crippen LogP contribution in [0, 0.1) is 0 Å². The molecule has 0 saturated carbocycles. The standard InChI is InChI=1S/C17H16ClF3N2O3/c1-25-11-4-6-15(26-2)14(8-11)23-16(24)22-9-10-3-5-13(18)12(7-10)17(19,20)21/h3-8H,9H2,1-2H3,(H2,22,23,24). The van der Waals surface area contributed by atoms with E-state index in [1.54, 1.807) is 18.2 Å². The fraction of sp³-hybridized carbons (Fsp3) is 0.235. The number of hydrogen-bond acceptors (Lipinski definition) is 3. The zero-order valence-corrected chi connectivity index (χ0v) is 14.7. The number of carbonyl (C=O) groups excluding carboxylic acids is 1. The average molecular weight is 389 g/mol. The molecule has 5 nitrogen and oxygen atoms in total. The van der Waals surface area contributed by atoms with Crippen molar-refractivity contribution in [1.29, 1.82) is 0 Å². The Morgan fingerprint density at radius 2 is 1.85 bits per heavy atom. The molecule has 0 heterocycles. The Bertz CT molecular complexity index is 797. The zero-order valence-electron chi connectivity index (χ0n) is 13.9. The smallest absolute Gasteiger partial charge is 0.417 e. The van der Waals surface area contributed by atoms with E-state index < -0.39 is 22.8 Å². The highest BCUT2D eigenvalue weighted by Gasteiger charge is 2.33. The van der Waals surface area contributed by atoms with Crippen molar-refractivity contribution in [2.45, 2.75) is 12.7 Å². The highest BCUT2D eigenvalue weighted by Crippen LogP contribution is 2.35. The van der Waals surface area contributed by atoms with Gasteiger partial charge in [0.25, 0.3) is 0 Å². The van der Waals surface area contributed by atoms with Crippen LogP contribution in [0.1, 0.15) is 11.1 Å². The molecular weight excluding hydrogens is 373 g/mol. The minimum absolute atomic E-state index is 0.113. The molecule has 0 aliphatic rings. The molecule has 0 spiro atoms. The number of alkyl halides is 3. The van der Waals surface area contributed by atoms with E-state index in [9.17, 15) is 18.0 Å². The molecule has 26 heavy (non-hydrogen) atoms. The number of hydrogen-bond donors (Lipinski definition) is 2. The second-order valence-electron chi connectivity index (χ2n) is 5.19. The summed E-state index contributed by atoms with van der Waals surface area (Å²) >= 11 is 5.57. The first kappa shape index (κ1) is 19.7. The first-order valence-electron chi connectivity index (χ1n) is 7.37. The van der Waals surface area contributed by atoms with Crippen LogP contribution in [0.4, 0.5) is 23.7 Å². The molecule has 2 aromatic rings. The van der Waals surface area contributed by atoms with Gasteiger partial charge in [-0.15, -0.1) is 0 Å². The molecule has 2 aromatic carbocycles. The van der Waals surface area contributed by atoms with Crippen LogP contribution in [0.5, 0.6) is 11.5 Å². The van der Waals surface area contributed by atoms with Crippen molar-refractivity contribution in [2.24, 2.45) is 0 Å². The summed E-state index contributed by atoms with van der Waals surface area (Å²) in [5.74, 6) is 0.917. The van der Waals surface area contributed by atoms with Crippen molar-refractivity contribution in [3.8, 4) is 11.5 Å². The van der Waals surface area contributed by atoms with Gasteiger partial charge in [-0.05, 0) is 29.8 Å². The molecule has 2 amide bonds. The van der Waals surface area contributed by atoms with E-state index >= 15 is 0 Å². The topological polar surface area (TPSA) is 59.6 Å². The summed E-state index contributed by atoms with van der Waals surface area (Å²) in [6, 6.07) is 7.67. The number of ether oxygens (including phenoxy) is 2. The van der Waals surface area contributed by atoms with Crippen molar-refractivity contribution in [1.82, 2.24) is 5.32 Å². The Morgan fingerprint density at radius 3 is 2.46 bits per heavy atom. The Morgan fingerprint density at radius 1 is 1.12 bits per heavy atom. The van der Waals surface area contributed by atoms with Crippen LogP contribution >= 0.6 is 11.6 Å². The summed E-state index contributed by atoms with van der Waals surface area (Å²) < 4.78 is 48.8. The highest BCUT2D eigenvalue weighted by atomic mass is 35.5. The lowest BCUT2D eigenvalue weighted by Crippen LogP contribution is -2.28. The quantitative estimate of drug-likeness (QED) is 0.780. The molecule has 0 saturated heterocycles. The predicted molar refractivity (Wildman–Crippen MR) is 91.9 cm³/mol. The van der Waals surface area contributed by atoms with Gasteiger partial charge in [-0.2, -0.15) is 13.2 Å². The van der Waals surface area contributed by atoms with Gasteiger partial charge in [-0.1, -0.05) is 17.7 Å². The monoisotopic (exact) mass is 388 g/mol. The van der Waals surface area contributed by atoms with Crippen LogP contribution in [0.25, 0.3) is 0 Å². The summed E-state index contributed by atoms with van der Waals surface area (Å²) in [6.45, 7) is -0.113. The Balaban J connectivity index is 2.06. The highest BCUT2D eigenvalue weighted by molar-refractivity contribution is 6.31. The molecule has 0 aromatic heterocycles. The number of halogens is 4. The predicted octanol–water partition coefficient (Wildman–Crippen LogP) is 4.70. The van der Waals surface area contributed by atoms with Crippen LogP contribution in [-0.2, 0) is 12.7 Å². The van der Waals surface area contributed by atoms with Crippen LogP contribution in [0.3, 0.4) is 0 Å². The van der Waals surface area contributed by atoms with Crippen LogP contribution in [0.15, 0.2) is 36.4 Å². The molecule has 0 bridgehead atoms. The van der Waals surface area contributed by atoms with Gasteiger partial charge in [0.1, 0.15) is 11.5 Å². The average Bonchev–Trinajstić information content (AvgIpc) is 2.60. The number of amides is 2. The Labute approximate surface area is 153 Å². The fourth-order valence-electron chi connectivity index (χ4n) is 2.16. The maximum Gasteiger partial charge on any atom is 0.417 e. The molecule has 0 fully saturated rings. The number of urea groups is 1. The van der Waals surface area contributed by atoms with Crippen molar-refractivity contribution >= 4 is 23.3 Å². The molecule has 0 unspecified atom stereocenters. The number of nitrogens with one attached hydrogen (secondary N) is 2. The molecule has 2 N–H and O–H groups in total. The van der Waals surface area contributed by atoms with Gasteiger partial charge in [-0.25, -0.2) is 4.79 Å². The molecule has 140 valence electrons. The Hall–Kier alpha value is -2.61. The maximum atomic E-state index is 12.9. The summed E-state index contributed by atoms with van der Waals surface area (Å²) in [7, 11) is 2.92. The third-order valence-electron chi connectivity index (χ3n) is 3.44. The summed E-state index contributed by atoms with van der Waals surface area (Å²) in [5.41, 5.74) is -0.334. The van der Waals surface area contributed by atoms with Crippen molar-refractivity contribution < 1.29 is 27.4 Å². The number of benzene rings is 2. The third kappa shape index (κ3) is 4.95. The zero-order chi connectivity index (χ0) is 19.3. The fourth-order valence-corrected chi connectivity index (χ4v) is 2.38. The maximum absolute atomic E-state index is 12.9. The van der Waals surface area contributed by atoms with E-state index in [0.29, 0.717) is 17.2 Å². The van der Waals surface area contributed by atoms with Gasteiger partial charge in [0.2, 0.25) is 0 Å². The third-order valence-corrected chi connectivity index (χ3v) is 3.77. The van der Waals surface area contributed by atoms with Crippen molar-refractivity contribution in [2.75, 3.05) is 19.5 Å². The van der Waals surface area contributed by atoms with Crippen LogP contribution < -0.4 is 20.1 Å². The number of anilines is 1. The van der Waals surface area contributed by atoms with Gasteiger partial charge in [0.15, 0.2) is 0 Å². The molecule has 0 aliphatic heterocycles. The largest absolute Gasteiger partial charge is 0.497 e. The summed E-state index contributed by atoms with van der Waals surface area (Å²) in [4.78, 5) is 12.0. The normalized spacial score (nSPS) is 11.0. The lowest BCUT2D eigenvalue weighted by atomic mass is 10.1. The van der Waals surface area contributed by atoms with E-state index in [0.717, 1.165) is 12.1 Å². The SMILES string of the molecule is COc1ccc(OC)c(NC(=O)NCc2ccc(Cl)c(C(F)(F)F)c2)c1. The number of methoxy groups -OCH3 is 2. The van der Waals surface area contributed by atoms with Gasteiger partial charge < -0.3 is 20.1 Å². The minimum Gasteiger partial charge on any atom is -0.497 e. The molecule has 0 radical (unpaired) electrons. The lowest BCUT2D eigenvalue weighted by Gasteiger charge is -2.14. The van der Waals surface area contributed by atoms with Gasteiger partial charge >= 0.3 is 12.2 Å². The molecule has 9 heteroatoms. The first-order valence-corrected chi connectivity index (χ1v) is 7.75. The van der Waals surface area contributed by atoms with E-state index in [1.807, 2.05) is 0 Å². The molecular formula is C17H16ClF3N2O3. The van der Waals surface area contributed by atoms with Gasteiger partial charge in [-0.3, -0.25) is 0 Å². The van der Waals surface area contributed by atoms with Crippen molar-refractivity contribution in [3.63, 3.8) is 0 Å². The van der Waals surface area contributed by atoms with E-state index in [-0.39, 0.29) is 12.1 Å². The lowest BCUT2D eigenvalue weighted by molar-refractivity contribution is -0.137. The molecule has 0 atom stereocenters. The van der Waals surface area contributed by atoms with Crippen molar-refractivity contribution in [3.05, 3.63) is 52.5 Å². The van der Waals surface area contributed by atoms with E-state index in [2.05, 4.69) is 10.6 Å². The van der Waals surface area contributed by atoms with Gasteiger partial charge in [0, 0.05) is 12.6 Å². The number of rotatable bonds is 5. The minimum atomic E-state index is -4.57.